The molecule has 0 spiro atoms. The first kappa shape index (κ1) is 12.1. The van der Waals surface area contributed by atoms with Crippen molar-refractivity contribution in [2.24, 2.45) is 5.92 Å². The van der Waals surface area contributed by atoms with Gasteiger partial charge in [0.15, 0.2) is 0 Å². The van der Waals surface area contributed by atoms with Gasteiger partial charge >= 0.3 is 0 Å². The minimum Gasteiger partial charge on any atom is -0.360 e. The van der Waals surface area contributed by atoms with Crippen LogP contribution in [0.1, 0.15) is 44.9 Å². The molecule has 1 aromatic heterocycles. The third-order valence-electron chi connectivity index (χ3n) is 3.04. The molecule has 1 aromatic rings. The topological polar surface area (TPSA) is 37.8 Å². The van der Waals surface area contributed by atoms with E-state index in [0.29, 0.717) is 17.2 Å². The third-order valence-corrected chi connectivity index (χ3v) is 4.30. The van der Waals surface area contributed by atoms with Crippen LogP contribution in [-0.2, 0) is 0 Å². The fraction of sp³-hybridized carbons (Fsp3) is 0.818. The second kappa shape index (κ2) is 5.32. The number of nitrogens with zero attached hydrogens (tertiary/aromatic N) is 2. The average Bonchev–Trinajstić information content (AvgIpc) is 2.83. The van der Waals surface area contributed by atoms with E-state index in [-0.39, 0.29) is 0 Å². The highest BCUT2D eigenvalue weighted by molar-refractivity contribution is 7.09. The molecule has 0 saturated heterocycles. The molecule has 2 unspecified atom stereocenters. The molecule has 16 heavy (non-hydrogen) atoms. The highest BCUT2D eigenvalue weighted by atomic mass is 35.5. The van der Waals surface area contributed by atoms with Crippen LogP contribution < -0.4 is 5.32 Å². The van der Waals surface area contributed by atoms with Crippen LogP contribution in [0.2, 0.25) is 0 Å². The Labute approximate surface area is 106 Å². The van der Waals surface area contributed by atoms with Crippen molar-refractivity contribution in [3.63, 3.8) is 0 Å². The first-order valence-corrected chi connectivity index (χ1v) is 7.09. The van der Waals surface area contributed by atoms with E-state index in [4.69, 9.17) is 11.6 Å². The van der Waals surface area contributed by atoms with Gasteiger partial charge in [-0.1, -0.05) is 20.3 Å². The van der Waals surface area contributed by atoms with Gasteiger partial charge in [-0.3, -0.25) is 0 Å². The third kappa shape index (κ3) is 2.86. The van der Waals surface area contributed by atoms with Gasteiger partial charge in [0, 0.05) is 29.4 Å². The first-order chi connectivity index (χ1) is 7.66. The van der Waals surface area contributed by atoms with Crippen molar-refractivity contribution in [1.82, 2.24) is 9.36 Å². The molecule has 1 heterocycles. The number of hydrogen-bond acceptors (Lipinski definition) is 4. The van der Waals surface area contributed by atoms with Gasteiger partial charge < -0.3 is 5.32 Å². The van der Waals surface area contributed by atoms with E-state index >= 15 is 0 Å². The van der Waals surface area contributed by atoms with Gasteiger partial charge in [0.1, 0.15) is 5.82 Å². The van der Waals surface area contributed by atoms with E-state index in [2.05, 4.69) is 28.5 Å². The van der Waals surface area contributed by atoms with Crippen molar-refractivity contribution in [3.8, 4) is 0 Å². The van der Waals surface area contributed by atoms with Crippen molar-refractivity contribution in [1.29, 1.82) is 0 Å². The molecular weight excluding hydrogens is 242 g/mol. The molecule has 0 amide bonds. The Balaban J connectivity index is 1.84. The monoisotopic (exact) mass is 259 g/mol. The minimum atomic E-state index is 0.338. The lowest BCUT2D eigenvalue weighted by molar-refractivity contribution is 0.586. The summed E-state index contributed by atoms with van der Waals surface area (Å²) >= 11 is 7.67. The summed E-state index contributed by atoms with van der Waals surface area (Å²) in [7, 11) is 0. The Morgan fingerprint density at radius 1 is 1.50 bits per heavy atom. The van der Waals surface area contributed by atoms with E-state index in [0.717, 1.165) is 23.9 Å². The summed E-state index contributed by atoms with van der Waals surface area (Å²) in [6.07, 6.45) is 3.64. The van der Waals surface area contributed by atoms with Crippen molar-refractivity contribution < 1.29 is 0 Å². The number of aromatic nitrogens is 2. The molecule has 0 aliphatic heterocycles. The van der Waals surface area contributed by atoms with Crippen molar-refractivity contribution in [3.05, 3.63) is 5.82 Å². The maximum Gasteiger partial charge on any atom is 0.202 e. The van der Waals surface area contributed by atoms with Gasteiger partial charge in [-0.25, -0.2) is 4.98 Å². The summed E-state index contributed by atoms with van der Waals surface area (Å²) < 4.78 is 4.32. The fourth-order valence-electron chi connectivity index (χ4n) is 1.98. The predicted molar refractivity (Wildman–Crippen MR) is 69.5 cm³/mol. The van der Waals surface area contributed by atoms with Gasteiger partial charge in [0.05, 0.1) is 0 Å². The largest absolute Gasteiger partial charge is 0.360 e. The van der Waals surface area contributed by atoms with E-state index in [1.54, 1.807) is 0 Å². The lowest BCUT2D eigenvalue weighted by Crippen LogP contribution is -2.18. The van der Waals surface area contributed by atoms with Crippen LogP contribution in [-0.4, -0.2) is 21.3 Å². The smallest absolute Gasteiger partial charge is 0.202 e. The fourth-order valence-corrected chi connectivity index (χ4v) is 3.06. The molecule has 1 N–H and O–H groups in total. The average molecular weight is 260 g/mol. The molecule has 0 bridgehead atoms. The molecule has 1 fully saturated rings. The Bertz CT molecular complexity index is 340. The van der Waals surface area contributed by atoms with E-state index in [1.807, 2.05) is 0 Å². The highest BCUT2D eigenvalue weighted by Crippen LogP contribution is 2.30. The second-order valence-corrected chi connectivity index (χ2v) is 6.01. The molecular formula is C11H18ClN3S. The van der Waals surface area contributed by atoms with Crippen LogP contribution in [0.5, 0.6) is 0 Å². The van der Waals surface area contributed by atoms with Crippen molar-refractivity contribution >= 4 is 28.3 Å². The zero-order chi connectivity index (χ0) is 11.5. The zero-order valence-electron chi connectivity index (χ0n) is 9.74. The van der Waals surface area contributed by atoms with Crippen LogP contribution >= 0.6 is 23.1 Å². The Hall–Kier alpha value is -0.350. The van der Waals surface area contributed by atoms with Crippen LogP contribution in [0, 0.1) is 5.92 Å². The molecule has 90 valence electrons. The van der Waals surface area contributed by atoms with Gasteiger partial charge in [-0.2, -0.15) is 4.37 Å². The number of alkyl halides is 1. The van der Waals surface area contributed by atoms with Crippen LogP contribution in [0.3, 0.4) is 0 Å². The summed E-state index contributed by atoms with van der Waals surface area (Å²) in [4.78, 5) is 4.45. The molecule has 0 aromatic carbocycles. The maximum atomic E-state index is 6.23. The van der Waals surface area contributed by atoms with Crippen molar-refractivity contribution in [2.45, 2.75) is 44.4 Å². The van der Waals surface area contributed by atoms with Gasteiger partial charge in [-0.05, 0) is 18.8 Å². The molecule has 1 aliphatic rings. The molecule has 1 aliphatic carbocycles. The predicted octanol–water partition coefficient (Wildman–Crippen LogP) is 3.48. The Kier molecular flexibility index (Phi) is 4.03. The lowest BCUT2D eigenvalue weighted by Gasteiger charge is -2.13. The van der Waals surface area contributed by atoms with E-state index in [9.17, 15) is 0 Å². The standard InChI is InChI=1S/C11H18ClN3S/c1-7(2)10-14-11(16-15-10)13-6-8-4-3-5-9(8)12/h7-9H,3-6H2,1-2H3,(H,13,14,15). The molecule has 0 radical (unpaired) electrons. The maximum absolute atomic E-state index is 6.23. The summed E-state index contributed by atoms with van der Waals surface area (Å²) in [5.74, 6) is 1.92. The summed E-state index contributed by atoms with van der Waals surface area (Å²) in [5, 5.41) is 4.62. The number of anilines is 1. The molecule has 1 saturated carbocycles. The molecule has 5 heteroatoms. The second-order valence-electron chi connectivity index (χ2n) is 4.70. The first-order valence-electron chi connectivity index (χ1n) is 5.88. The van der Waals surface area contributed by atoms with Gasteiger partial charge in [-0.15, -0.1) is 11.6 Å². The highest BCUT2D eigenvalue weighted by Gasteiger charge is 2.25. The van der Waals surface area contributed by atoms with E-state index < -0.39 is 0 Å². The summed E-state index contributed by atoms with van der Waals surface area (Å²) in [6.45, 7) is 5.15. The van der Waals surface area contributed by atoms with Crippen LogP contribution in [0.25, 0.3) is 0 Å². The van der Waals surface area contributed by atoms with Crippen molar-refractivity contribution in [2.75, 3.05) is 11.9 Å². The lowest BCUT2D eigenvalue weighted by atomic mass is 10.1. The van der Waals surface area contributed by atoms with Gasteiger partial charge in [0.25, 0.3) is 0 Å². The molecule has 3 nitrogen and oxygen atoms in total. The Morgan fingerprint density at radius 3 is 2.88 bits per heavy atom. The number of nitrogens with one attached hydrogen (secondary N) is 1. The van der Waals surface area contributed by atoms with Gasteiger partial charge in [0.2, 0.25) is 5.13 Å². The van der Waals surface area contributed by atoms with Crippen LogP contribution in [0.15, 0.2) is 0 Å². The number of halogens is 1. The molecule has 2 atom stereocenters. The quantitative estimate of drug-likeness (QED) is 0.842. The summed E-state index contributed by atoms with van der Waals surface area (Å²) in [5.41, 5.74) is 0. The van der Waals surface area contributed by atoms with Crippen LogP contribution in [0.4, 0.5) is 5.13 Å². The SMILES string of the molecule is CC(C)c1nsc(NCC2CCCC2Cl)n1. The minimum absolute atomic E-state index is 0.338. The number of rotatable bonds is 4. The summed E-state index contributed by atoms with van der Waals surface area (Å²) in [6, 6.07) is 0. The number of hydrogen-bond donors (Lipinski definition) is 1. The zero-order valence-corrected chi connectivity index (χ0v) is 11.3. The Morgan fingerprint density at radius 2 is 2.31 bits per heavy atom. The van der Waals surface area contributed by atoms with E-state index in [1.165, 1.54) is 24.4 Å². The normalized spacial score (nSPS) is 25.2. The molecule has 2 rings (SSSR count).